The Morgan fingerprint density at radius 1 is 1.50 bits per heavy atom. The van der Waals surface area contributed by atoms with Crippen LogP contribution < -0.4 is 4.72 Å². The van der Waals surface area contributed by atoms with Gasteiger partial charge in [0, 0.05) is 11.1 Å². The van der Waals surface area contributed by atoms with Gasteiger partial charge in [-0.3, -0.25) is 0 Å². The molecule has 0 unspecified atom stereocenters. The second kappa shape index (κ2) is 5.24. The number of halogens is 2. The molecule has 0 aliphatic carbocycles. The maximum absolute atomic E-state index is 13.6. The monoisotopic (exact) mass is 337 g/mol. The van der Waals surface area contributed by atoms with Crippen molar-refractivity contribution in [2.45, 2.75) is 30.4 Å². The molecular weight excluding hydrogens is 325 g/mol. The van der Waals surface area contributed by atoms with Crippen LogP contribution in [0.2, 0.25) is 0 Å². The average Bonchev–Trinajstić information content (AvgIpc) is 2.63. The molecule has 4 nitrogen and oxygen atoms in total. The van der Waals surface area contributed by atoms with E-state index in [2.05, 4.69) is 20.7 Å². The average molecular weight is 338 g/mol. The highest BCUT2D eigenvalue weighted by molar-refractivity contribution is 9.10. The van der Waals surface area contributed by atoms with Gasteiger partial charge < -0.3 is 4.74 Å². The molecule has 18 heavy (non-hydrogen) atoms. The van der Waals surface area contributed by atoms with E-state index in [1.54, 1.807) is 6.92 Å². The van der Waals surface area contributed by atoms with Gasteiger partial charge in [0.15, 0.2) is 0 Å². The Morgan fingerprint density at radius 2 is 2.22 bits per heavy atom. The first kappa shape index (κ1) is 13.9. The predicted molar refractivity (Wildman–Crippen MR) is 68.2 cm³/mol. The summed E-state index contributed by atoms with van der Waals surface area (Å²) in [6.07, 6.45) is 0.400. The highest BCUT2D eigenvalue weighted by Crippen LogP contribution is 2.21. The number of hydrogen-bond donors (Lipinski definition) is 1. The van der Waals surface area contributed by atoms with E-state index in [1.807, 2.05) is 0 Å². The number of rotatable bonds is 3. The van der Waals surface area contributed by atoms with Gasteiger partial charge in [-0.05, 0) is 31.5 Å². The van der Waals surface area contributed by atoms with Gasteiger partial charge in [0.25, 0.3) is 0 Å². The smallest absolute Gasteiger partial charge is 0.243 e. The predicted octanol–water partition coefficient (Wildman–Crippen LogP) is 2.04. The van der Waals surface area contributed by atoms with E-state index in [4.69, 9.17) is 4.74 Å². The highest BCUT2D eigenvalue weighted by atomic mass is 79.9. The van der Waals surface area contributed by atoms with E-state index < -0.39 is 15.8 Å². The molecule has 1 fully saturated rings. The standard InChI is InChI=1S/C11H13BrFNO3S/c1-7-10(4-5-17-7)14-18(15,16)11-3-2-8(12)6-9(11)13/h2-3,6-7,10,14H,4-5H2,1H3/t7-,10+/m0/s1. The van der Waals surface area contributed by atoms with Crippen molar-refractivity contribution in [2.24, 2.45) is 0 Å². The number of hydrogen-bond acceptors (Lipinski definition) is 3. The largest absolute Gasteiger partial charge is 0.377 e. The minimum atomic E-state index is -3.85. The summed E-state index contributed by atoms with van der Waals surface area (Å²) in [6.45, 7) is 2.30. The van der Waals surface area contributed by atoms with Gasteiger partial charge >= 0.3 is 0 Å². The fraction of sp³-hybridized carbons (Fsp3) is 0.455. The number of sulfonamides is 1. The van der Waals surface area contributed by atoms with E-state index in [0.717, 1.165) is 6.07 Å². The Labute approximate surface area is 114 Å². The van der Waals surface area contributed by atoms with Gasteiger partial charge in [-0.25, -0.2) is 17.5 Å². The maximum atomic E-state index is 13.6. The van der Waals surface area contributed by atoms with Crippen LogP contribution in [0.25, 0.3) is 0 Å². The lowest BCUT2D eigenvalue weighted by molar-refractivity contribution is 0.117. The quantitative estimate of drug-likeness (QED) is 0.918. The third-order valence-corrected chi connectivity index (χ3v) is 4.88. The molecule has 1 heterocycles. The normalized spacial score (nSPS) is 24.4. The van der Waals surface area contributed by atoms with Crippen LogP contribution in [-0.2, 0) is 14.8 Å². The maximum Gasteiger partial charge on any atom is 0.243 e. The minimum Gasteiger partial charge on any atom is -0.377 e. The molecule has 1 aromatic rings. The van der Waals surface area contributed by atoms with E-state index in [1.165, 1.54) is 12.1 Å². The van der Waals surface area contributed by atoms with Gasteiger partial charge in [0.05, 0.1) is 12.1 Å². The zero-order valence-electron chi connectivity index (χ0n) is 9.69. The molecule has 2 atom stereocenters. The van der Waals surface area contributed by atoms with Crippen molar-refractivity contribution in [3.8, 4) is 0 Å². The first-order valence-electron chi connectivity index (χ1n) is 5.49. The summed E-state index contributed by atoms with van der Waals surface area (Å²) < 4.78 is 46.0. The minimum absolute atomic E-state index is 0.196. The molecule has 1 aliphatic rings. The first-order valence-corrected chi connectivity index (χ1v) is 7.77. The van der Waals surface area contributed by atoms with Crippen LogP contribution in [-0.4, -0.2) is 27.2 Å². The lowest BCUT2D eigenvalue weighted by Crippen LogP contribution is -2.39. The van der Waals surface area contributed by atoms with Crippen LogP contribution in [0, 0.1) is 5.82 Å². The Kier molecular flexibility index (Phi) is 4.05. The molecule has 2 rings (SSSR count). The third kappa shape index (κ3) is 2.90. The molecule has 1 saturated heterocycles. The molecule has 1 aliphatic heterocycles. The summed E-state index contributed by atoms with van der Waals surface area (Å²) in [5.74, 6) is -0.775. The molecule has 100 valence electrons. The molecule has 0 radical (unpaired) electrons. The van der Waals surface area contributed by atoms with Crippen LogP contribution in [0.4, 0.5) is 4.39 Å². The first-order chi connectivity index (χ1) is 8.40. The van der Waals surface area contributed by atoms with Crippen LogP contribution in [0.1, 0.15) is 13.3 Å². The Bertz CT molecular complexity index is 549. The van der Waals surface area contributed by atoms with Crippen molar-refractivity contribution in [2.75, 3.05) is 6.61 Å². The van der Waals surface area contributed by atoms with E-state index >= 15 is 0 Å². The SMILES string of the molecule is C[C@@H]1OCC[C@H]1NS(=O)(=O)c1ccc(Br)cc1F. The van der Waals surface area contributed by atoms with Crippen molar-refractivity contribution >= 4 is 26.0 Å². The van der Waals surface area contributed by atoms with Gasteiger partial charge in [-0.1, -0.05) is 15.9 Å². The molecule has 0 spiro atoms. The van der Waals surface area contributed by atoms with Crippen LogP contribution in [0.3, 0.4) is 0 Å². The number of benzene rings is 1. The van der Waals surface area contributed by atoms with E-state index in [0.29, 0.717) is 17.5 Å². The number of ether oxygens (including phenoxy) is 1. The zero-order chi connectivity index (χ0) is 13.3. The second-order valence-electron chi connectivity index (χ2n) is 4.17. The molecule has 0 aromatic heterocycles. The van der Waals surface area contributed by atoms with Crippen molar-refractivity contribution in [3.63, 3.8) is 0 Å². The summed E-state index contributed by atoms with van der Waals surface area (Å²) in [5.41, 5.74) is 0. The molecular formula is C11H13BrFNO3S. The topological polar surface area (TPSA) is 55.4 Å². The number of nitrogens with one attached hydrogen (secondary N) is 1. The lowest BCUT2D eigenvalue weighted by atomic mass is 10.2. The lowest BCUT2D eigenvalue weighted by Gasteiger charge is -2.16. The van der Waals surface area contributed by atoms with Gasteiger partial charge in [-0.2, -0.15) is 0 Å². The van der Waals surface area contributed by atoms with Crippen molar-refractivity contribution < 1.29 is 17.5 Å². The molecule has 1 aromatic carbocycles. The summed E-state index contributed by atoms with van der Waals surface area (Å²) in [4.78, 5) is -0.343. The van der Waals surface area contributed by atoms with E-state index in [-0.39, 0.29) is 17.0 Å². The fourth-order valence-corrected chi connectivity index (χ4v) is 3.57. The molecule has 1 N–H and O–H groups in total. The van der Waals surface area contributed by atoms with Crippen LogP contribution >= 0.6 is 15.9 Å². The van der Waals surface area contributed by atoms with Crippen LogP contribution in [0.15, 0.2) is 27.6 Å². The fourth-order valence-electron chi connectivity index (χ4n) is 1.84. The zero-order valence-corrected chi connectivity index (χ0v) is 12.1. The van der Waals surface area contributed by atoms with Crippen molar-refractivity contribution in [1.29, 1.82) is 0 Å². The molecule has 0 amide bonds. The Hall–Kier alpha value is -0.500. The van der Waals surface area contributed by atoms with Gasteiger partial charge in [0.2, 0.25) is 10.0 Å². The highest BCUT2D eigenvalue weighted by Gasteiger charge is 2.30. The molecule has 0 bridgehead atoms. The molecule has 7 heteroatoms. The summed E-state index contributed by atoms with van der Waals surface area (Å²) in [5, 5.41) is 0. The van der Waals surface area contributed by atoms with Gasteiger partial charge in [0.1, 0.15) is 10.7 Å². The van der Waals surface area contributed by atoms with Crippen LogP contribution in [0.5, 0.6) is 0 Å². The Balaban J connectivity index is 2.25. The van der Waals surface area contributed by atoms with Gasteiger partial charge in [-0.15, -0.1) is 0 Å². The summed E-state index contributed by atoms with van der Waals surface area (Å²) in [6, 6.07) is 3.55. The third-order valence-electron chi connectivity index (χ3n) is 2.87. The molecule has 0 saturated carbocycles. The Morgan fingerprint density at radius 3 is 2.78 bits per heavy atom. The summed E-state index contributed by atoms with van der Waals surface area (Å²) >= 11 is 3.09. The van der Waals surface area contributed by atoms with E-state index in [9.17, 15) is 12.8 Å². The van der Waals surface area contributed by atoms with Crippen molar-refractivity contribution in [3.05, 3.63) is 28.5 Å². The van der Waals surface area contributed by atoms with Crippen molar-refractivity contribution in [1.82, 2.24) is 4.72 Å². The summed E-state index contributed by atoms with van der Waals surface area (Å²) in [7, 11) is -3.85. The second-order valence-corrected chi connectivity index (χ2v) is 6.77.